The molecule has 1 aliphatic rings. The van der Waals surface area contributed by atoms with Gasteiger partial charge < -0.3 is 10.4 Å². The summed E-state index contributed by atoms with van der Waals surface area (Å²) >= 11 is 1.68. The molecule has 1 saturated carbocycles. The fourth-order valence-electron chi connectivity index (χ4n) is 3.13. The number of aryl methyl sites for hydroxylation is 1. The van der Waals surface area contributed by atoms with Gasteiger partial charge in [0.15, 0.2) is 0 Å². The number of nitrogens with one attached hydrogen (secondary N) is 1. The molecule has 1 aliphatic carbocycles. The number of nitrogens with zero attached hydrogens (tertiary/aromatic N) is 1. The zero-order valence-corrected chi connectivity index (χ0v) is 14.5. The van der Waals surface area contributed by atoms with Gasteiger partial charge in [0.1, 0.15) is 0 Å². The molecule has 5 heteroatoms. The maximum atomic E-state index is 12.3. The molecule has 0 bridgehead atoms. The van der Waals surface area contributed by atoms with E-state index in [-0.39, 0.29) is 5.91 Å². The van der Waals surface area contributed by atoms with Crippen molar-refractivity contribution in [3.05, 3.63) is 21.9 Å². The highest BCUT2D eigenvalue weighted by molar-refractivity contribution is 7.10. The van der Waals surface area contributed by atoms with Gasteiger partial charge in [-0.1, -0.05) is 19.3 Å². The number of aliphatic hydroxyl groups is 1. The van der Waals surface area contributed by atoms with E-state index in [0.717, 1.165) is 12.8 Å². The third-order valence-corrected chi connectivity index (χ3v) is 5.37. The number of amides is 1. The number of aliphatic hydroxyl groups excluding tert-OH is 1. The van der Waals surface area contributed by atoms with Crippen molar-refractivity contribution < 1.29 is 9.90 Å². The molecule has 1 heterocycles. The van der Waals surface area contributed by atoms with Crippen LogP contribution in [0.3, 0.4) is 0 Å². The fraction of sp³-hybridized carbons (Fsp3) is 0.706. The van der Waals surface area contributed by atoms with Crippen LogP contribution in [-0.2, 0) is 11.3 Å². The molecule has 1 amide bonds. The summed E-state index contributed by atoms with van der Waals surface area (Å²) in [5, 5.41) is 14.8. The van der Waals surface area contributed by atoms with Gasteiger partial charge in [-0.15, -0.1) is 11.3 Å². The van der Waals surface area contributed by atoms with Gasteiger partial charge in [-0.05, 0) is 43.7 Å². The van der Waals surface area contributed by atoms with E-state index in [4.69, 9.17) is 0 Å². The number of hydrogen-bond acceptors (Lipinski definition) is 4. The lowest BCUT2D eigenvalue weighted by molar-refractivity contribution is -0.123. The molecule has 4 nitrogen and oxygen atoms in total. The van der Waals surface area contributed by atoms with E-state index in [9.17, 15) is 9.90 Å². The smallest absolute Gasteiger partial charge is 0.234 e. The Balaban J connectivity index is 1.85. The van der Waals surface area contributed by atoms with E-state index in [0.29, 0.717) is 25.7 Å². The minimum Gasteiger partial charge on any atom is -0.392 e. The molecule has 1 unspecified atom stereocenters. The summed E-state index contributed by atoms with van der Waals surface area (Å²) in [5.74, 6) is 0.0547. The van der Waals surface area contributed by atoms with Crippen molar-refractivity contribution in [3.8, 4) is 0 Å². The van der Waals surface area contributed by atoms with Gasteiger partial charge >= 0.3 is 0 Å². The van der Waals surface area contributed by atoms with Gasteiger partial charge in [-0.2, -0.15) is 0 Å². The highest BCUT2D eigenvalue weighted by Gasteiger charge is 2.24. The molecule has 2 N–H and O–H groups in total. The third-order valence-electron chi connectivity index (χ3n) is 4.35. The first-order valence-electron chi connectivity index (χ1n) is 8.28. The number of rotatable bonds is 7. The van der Waals surface area contributed by atoms with Crippen LogP contribution in [0.4, 0.5) is 0 Å². The average molecular weight is 324 g/mol. The summed E-state index contributed by atoms with van der Waals surface area (Å²) in [7, 11) is 0. The van der Waals surface area contributed by atoms with Gasteiger partial charge in [0.25, 0.3) is 0 Å². The highest BCUT2D eigenvalue weighted by atomic mass is 32.1. The Bertz CT molecular complexity index is 467. The Hall–Kier alpha value is -0.910. The Morgan fingerprint density at radius 3 is 2.77 bits per heavy atom. The standard InChI is InChI=1S/C17H28N2O2S/c1-13-8-9-22-16(13)10-18-17(21)12-19(11-14(2)20)15-6-4-3-5-7-15/h8-9,14-15,20H,3-7,10-12H2,1-2H3,(H,18,21). The number of hydrogen-bond donors (Lipinski definition) is 2. The molecule has 1 aromatic heterocycles. The lowest BCUT2D eigenvalue weighted by Gasteiger charge is -2.34. The molecule has 0 saturated heterocycles. The summed E-state index contributed by atoms with van der Waals surface area (Å²) in [4.78, 5) is 15.6. The maximum Gasteiger partial charge on any atom is 0.234 e. The fourth-order valence-corrected chi connectivity index (χ4v) is 3.98. The summed E-state index contributed by atoms with van der Waals surface area (Å²) in [6.45, 7) is 5.44. The molecule has 1 atom stereocenters. The van der Waals surface area contributed by atoms with Crippen molar-refractivity contribution in [2.45, 2.75) is 64.6 Å². The number of carbonyl (C=O) groups is 1. The summed E-state index contributed by atoms with van der Waals surface area (Å²) < 4.78 is 0. The monoisotopic (exact) mass is 324 g/mol. The molecular weight excluding hydrogens is 296 g/mol. The molecule has 2 rings (SSSR count). The topological polar surface area (TPSA) is 52.6 Å². The summed E-state index contributed by atoms with van der Waals surface area (Å²) in [6, 6.07) is 2.52. The normalized spacial score (nSPS) is 17.6. The quantitative estimate of drug-likeness (QED) is 0.811. The SMILES string of the molecule is Cc1ccsc1CNC(=O)CN(CC(C)O)C1CCCCC1. The van der Waals surface area contributed by atoms with Crippen LogP contribution in [0.2, 0.25) is 0 Å². The third kappa shape index (κ3) is 5.38. The minimum atomic E-state index is -0.394. The first-order valence-corrected chi connectivity index (χ1v) is 9.16. The van der Waals surface area contributed by atoms with Crippen molar-refractivity contribution in [2.24, 2.45) is 0 Å². The molecule has 124 valence electrons. The van der Waals surface area contributed by atoms with Crippen LogP contribution >= 0.6 is 11.3 Å². The van der Waals surface area contributed by atoms with Crippen LogP contribution in [0, 0.1) is 6.92 Å². The molecule has 0 spiro atoms. The number of carbonyl (C=O) groups excluding carboxylic acids is 1. The van der Waals surface area contributed by atoms with Crippen LogP contribution in [-0.4, -0.2) is 41.1 Å². The van der Waals surface area contributed by atoms with Gasteiger partial charge in [0.05, 0.1) is 19.2 Å². The first kappa shape index (κ1) is 17.4. The van der Waals surface area contributed by atoms with Crippen molar-refractivity contribution >= 4 is 17.2 Å². The Labute approximate surface area is 137 Å². The lowest BCUT2D eigenvalue weighted by atomic mass is 9.94. The Kier molecular flexibility index (Phi) is 6.86. The largest absolute Gasteiger partial charge is 0.392 e. The zero-order valence-electron chi connectivity index (χ0n) is 13.7. The lowest BCUT2D eigenvalue weighted by Crippen LogP contribution is -2.46. The molecule has 1 aromatic rings. The van der Waals surface area contributed by atoms with Crippen LogP contribution < -0.4 is 5.32 Å². The highest BCUT2D eigenvalue weighted by Crippen LogP contribution is 2.22. The van der Waals surface area contributed by atoms with E-state index in [1.807, 2.05) is 0 Å². The van der Waals surface area contributed by atoms with E-state index in [2.05, 4.69) is 28.6 Å². The van der Waals surface area contributed by atoms with Gasteiger partial charge in [0, 0.05) is 17.5 Å². The predicted molar refractivity (Wildman–Crippen MR) is 91.0 cm³/mol. The van der Waals surface area contributed by atoms with Crippen LogP contribution in [0.15, 0.2) is 11.4 Å². The summed E-state index contributed by atoms with van der Waals surface area (Å²) in [5.41, 5.74) is 1.23. The van der Waals surface area contributed by atoms with Crippen molar-refractivity contribution in [2.75, 3.05) is 13.1 Å². The zero-order chi connectivity index (χ0) is 15.9. The van der Waals surface area contributed by atoms with Crippen molar-refractivity contribution in [1.29, 1.82) is 0 Å². The van der Waals surface area contributed by atoms with E-state index < -0.39 is 6.10 Å². The van der Waals surface area contributed by atoms with Gasteiger partial charge in [-0.25, -0.2) is 0 Å². The Morgan fingerprint density at radius 1 is 1.45 bits per heavy atom. The van der Waals surface area contributed by atoms with Gasteiger partial charge in [0.2, 0.25) is 5.91 Å². The molecular formula is C17H28N2O2S. The molecule has 22 heavy (non-hydrogen) atoms. The van der Waals surface area contributed by atoms with Crippen LogP contribution in [0.1, 0.15) is 49.5 Å². The van der Waals surface area contributed by atoms with E-state index in [1.54, 1.807) is 18.3 Å². The van der Waals surface area contributed by atoms with Crippen LogP contribution in [0.25, 0.3) is 0 Å². The average Bonchev–Trinajstić information content (AvgIpc) is 2.90. The first-order chi connectivity index (χ1) is 10.6. The second-order valence-electron chi connectivity index (χ2n) is 6.37. The molecule has 0 aromatic carbocycles. The van der Waals surface area contributed by atoms with Gasteiger partial charge in [-0.3, -0.25) is 9.69 Å². The Morgan fingerprint density at radius 2 is 2.18 bits per heavy atom. The van der Waals surface area contributed by atoms with Crippen molar-refractivity contribution in [3.63, 3.8) is 0 Å². The predicted octanol–water partition coefficient (Wildman–Crippen LogP) is 2.69. The second kappa shape index (κ2) is 8.65. The second-order valence-corrected chi connectivity index (χ2v) is 7.37. The van der Waals surface area contributed by atoms with E-state index >= 15 is 0 Å². The number of thiophene rings is 1. The van der Waals surface area contributed by atoms with Crippen molar-refractivity contribution in [1.82, 2.24) is 10.2 Å². The molecule has 1 fully saturated rings. The minimum absolute atomic E-state index is 0.0547. The summed E-state index contributed by atoms with van der Waals surface area (Å²) in [6.07, 6.45) is 5.65. The maximum absolute atomic E-state index is 12.3. The molecule has 0 aliphatic heterocycles. The van der Waals surface area contributed by atoms with E-state index in [1.165, 1.54) is 29.7 Å². The van der Waals surface area contributed by atoms with Crippen LogP contribution in [0.5, 0.6) is 0 Å². The molecule has 0 radical (unpaired) electrons.